The molecule has 0 spiro atoms. The molecule has 1 fully saturated rings. The van der Waals surface area contributed by atoms with E-state index < -0.39 is 66.3 Å². The van der Waals surface area contributed by atoms with E-state index >= 15 is 0 Å². The summed E-state index contributed by atoms with van der Waals surface area (Å²) in [6, 6.07) is 29.2. The van der Waals surface area contributed by atoms with Gasteiger partial charge in [-0.3, -0.25) is 9.35 Å². The van der Waals surface area contributed by atoms with E-state index in [1.807, 2.05) is 60.7 Å². The van der Waals surface area contributed by atoms with E-state index in [0.717, 1.165) is 67.3 Å². The first-order valence-electron chi connectivity index (χ1n) is 27.4. The van der Waals surface area contributed by atoms with Gasteiger partial charge < -0.3 is 4.90 Å². The summed E-state index contributed by atoms with van der Waals surface area (Å²) in [5.74, 6) is 5.10. The van der Waals surface area contributed by atoms with Gasteiger partial charge in [-0.1, -0.05) is 97.8 Å². The van der Waals surface area contributed by atoms with Gasteiger partial charge in [0.1, 0.15) is 11.4 Å². The van der Waals surface area contributed by atoms with E-state index in [9.17, 15) is 40.8 Å². The molecule has 0 saturated carbocycles. The zero-order valence-electron chi connectivity index (χ0n) is 47.8. The molecule has 88 heavy (non-hydrogen) atoms. The quantitative estimate of drug-likeness (QED) is 0.00357. The van der Waals surface area contributed by atoms with Crippen molar-refractivity contribution in [3.8, 4) is 11.8 Å². The van der Waals surface area contributed by atoms with Crippen LogP contribution in [0.5, 0.6) is 0 Å². The summed E-state index contributed by atoms with van der Waals surface area (Å²) in [6.07, 6.45) is 3.74. The number of aromatic nitrogens is 2. The topological polar surface area (TPSA) is 344 Å². The van der Waals surface area contributed by atoms with E-state index in [0.29, 0.717) is 30.6 Å². The molecule has 0 bridgehead atoms. The summed E-state index contributed by atoms with van der Waals surface area (Å²) in [5, 5.41) is 44.2. The summed E-state index contributed by atoms with van der Waals surface area (Å²) < 4.78 is 108. The second-order valence-corrected chi connectivity index (χ2v) is 35.5. The van der Waals surface area contributed by atoms with Gasteiger partial charge in [-0.2, -0.15) is 13.0 Å². The van der Waals surface area contributed by atoms with Crippen LogP contribution in [0, 0.1) is 11.8 Å². The number of amides is 1. The molecule has 25 nitrogen and oxygen atoms in total. The van der Waals surface area contributed by atoms with Crippen molar-refractivity contribution < 1.29 is 89.9 Å². The Balaban J connectivity index is 0.877. The van der Waals surface area contributed by atoms with Crippen LogP contribution in [0.15, 0.2) is 148 Å². The molecule has 9 rings (SSSR count). The minimum atomic E-state index is -6.22. The van der Waals surface area contributed by atoms with Crippen LogP contribution < -0.4 is 21.6 Å². The zero-order valence-corrected chi connectivity index (χ0v) is 52.1. The molecule has 3 aliphatic rings. The van der Waals surface area contributed by atoms with Crippen LogP contribution in [-0.4, -0.2) is 79.8 Å². The van der Waals surface area contributed by atoms with E-state index in [2.05, 4.69) is 131 Å². The van der Waals surface area contributed by atoms with Crippen LogP contribution >= 0.6 is 33.2 Å². The Labute approximate surface area is 509 Å². The first-order valence-corrected chi connectivity index (χ1v) is 35.6. The van der Waals surface area contributed by atoms with Crippen molar-refractivity contribution in [3.05, 3.63) is 166 Å². The number of carbonyl (C=O) groups excluding carboxylic acids is 1. The molecule has 6 aromatic rings. The van der Waals surface area contributed by atoms with E-state index in [1.165, 1.54) is 17.8 Å². The smallest absolute Gasteiger partial charge is 0.294 e. The van der Waals surface area contributed by atoms with Crippen molar-refractivity contribution in [2.45, 2.75) is 106 Å². The van der Waals surface area contributed by atoms with Gasteiger partial charge in [0, 0.05) is 58.8 Å². The number of hydrogen-bond donors (Lipinski definition) is 6. The number of rotatable bonds is 25. The second-order valence-electron chi connectivity index (χ2n) is 21.9. The molecule has 3 aliphatic heterocycles. The van der Waals surface area contributed by atoms with Gasteiger partial charge in [0.25, 0.3) is 10.1 Å². The zero-order chi connectivity index (χ0) is 63.2. The van der Waals surface area contributed by atoms with Crippen LogP contribution in [0.4, 0.5) is 17.2 Å². The molecule has 0 radical (unpaired) electrons. The minimum Gasteiger partial charge on any atom is -0.339 e. The van der Waals surface area contributed by atoms with Gasteiger partial charge in [0.05, 0.1) is 17.5 Å². The first kappa shape index (κ1) is 65.6. The molecule has 2 atom stereocenters. The van der Waals surface area contributed by atoms with Crippen LogP contribution in [0.25, 0.3) is 21.5 Å². The number of fused-ring (bicyclic) bond motifs is 6. The average molecular weight is 1300 g/mol. The number of ether oxygens (including phenoxy) is 1. The van der Waals surface area contributed by atoms with Gasteiger partial charge in [-0.15, -0.1) is 4.33 Å². The third kappa shape index (κ3) is 13.1. The standard InChI is InChI=1S/C58H61N6O19P3S2/c1-57(2)49(21-7-5-8-22-50-58(3,4)54-45-20-13-11-17-39(45)26-30-47(54)63(50)35-40-24-28-43(87-83-80-69)34-48(40)88(74,75)76)62(46-29-25-38-16-10-12-19-44(38)53(46)57)33-14-6-9-23-51(65)60-32-15-18-41-36-64(56(66)61-55(41)59)52-31-27-42(77-52)37-86(81-78-67,82-79-68,84(70)71)85(72)73/h5,7-8,10-13,16-17,19-22,24-26,28-30,34,36,42,52H,6,9,14,23,27,31-33,35,37H2,1-4H3,(H6-,59,60,61,65,66,67,68,69,74,75,76)/p+1. The van der Waals surface area contributed by atoms with E-state index in [1.54, 1.807) is 12.1 Å². The summed E-state index contributed by atoms with van der Waals surface area (Å²) in [6.45, 7) is 9.36. The molecule has 2 unspecified atom stereocenters. The van der Waals surface area contributed by atoms with Crippen LogP contribution in [0.3, 0.4) is 0 Å². The molecule has 5 aromatic carbocycles. The van der Waals surface area contributed by atoms with Gasteiger partial charge in [-0.25, -0.2) is 5.26 Å². The van der Waals surface area contributed by atoms with Gasteiger partial charge in [-0.05, 0) is 89.7 Å². The fraction of sp³-hybridized carbons (Fsp3) is 0.310. The SMILES string of the molecule is CC1(C)C(=CC=CC=CC2=[N+](CCCCCC(=O)NCC#Cc3cn(C4CCC(CP(OOO)(OOO)(P(=O)=O)P(=O)=O)O4)c(=O)nc3N)c3ccc4ccccc4c3C2(C)C)N(Cc2ccc(SOOO)cc2S(=O)(=O)O)c2ccc3ccccc3c21. The molecule has 1 amide bonds. The Bertz CT molecular complexity index is 4200. The molecular formula is C58H62N6O19P3S2+. The largest absolute Gasteiger partial charge is 0.339 e. The number of nitrogens with one attached hydrogen (secondary N) is 1. The molecule has 7 N–H and O–H groups in total. The molecule has 30 heteroatoms. The fourth-order valence-electron chi connectivity index (χ4n) is 11.8. The monoisotopic (exact) mass is 1300 g/mol. The summed E-state index contributed by atoms with van der Waals surface area (Å²) >= 11 is 0.578. The Morgan fingerprint density at radius 2 is 1.56 bits per heavy atom. The Morgan fingerprint density at radius 3 is 2.23 bits per heavy atom. The van der Waals surface area contributed by atoms with Gasteiger partial charge >= 0.3 is 178 Å². The number of nitrogen functional groups attached to an aromatic ring is 1. The Kier molecular flexibility index (Phi) is 20.2. The first-order chi connectivity index (χ1) is 42.0. The Hall–Kier alpha value is -6.89. The van der Waals surface area contributed by atoms with Crippen LogP contribution in [-0.2, 0) is 84.1 Å². The molecule has 464 valence electrons. The number of benzene rings is 5. The minimum absolute atomic E-state index is 0.00979. The molecule has 1 saturated heterocycles. The van der Waals surface area contributed by atoms with E-state index in [4.69, 9.17) is 26.2 Å². The maximum Gasteiger partial charge on any atom is 0.294 e. The maximum atomic E-state index is 13.1. The van der Waals surface area contributed by atoms with Gasteiger partial charge in [0.2, 0.25) is 5.69 Å². The predicted octanol–water partition coefficient (Wildman–Crippen LogP) is 12.0. The van der Waals surface area contributed by atoms with Crippen molar-refractivity contribution in [2.75, 3.05) is 29.9 Å². The van der Waals surface area contributed by atoms with Crippen molar-refractivity contribution in [2.24, 2.45) is 0 Å². The predicted molar refractivity (Wildman–Crippen MR) is 326 cm³/mol. The van der Waals surface area contributed by atoms with Crippen molar-refractivity contribution in [3.63, 3.8) is 0 Å². The van der Waals surface area contributed by atoms with Crippen molar-refractivity contribution in [1.29, 1.82) is 0 Å². The number of hydrogen-bond acceptors (Lipinski definition) is 22. The third-order valence-corrected chi connectivity index (χ3v) is 28.7. The molecule has 4 heterocycles. The van der Waals surface area contributed by atoms with Crippen molar-refractivity contribution >= 4 is 93.7 Å². The number of carbonyl (C=O) groups is 1. The fourth-order valence-corrected chi connectivity index (χ4v) is 19.3. The molecular weight excluding hydrogens is 1240 g/mol. The normalized spacial score (nSPS) is 18.0. The maximum absolute atomic E-state index is 13.1. The number of anilines is 2. The Morgan fingerprint density at radius 1 is 0.875 bits per heavy atom. The molecule has 0 aliphatic carbocycles. The summed E-state index contributed by atoms with van der Waals surface area (Å²) in [5.41, 5.74) is 10.8. The molecule has 1 aromatic heterocycles. The van der Waals surface area contributed by atoms with Crippen molar-refractivity contribution in [1.82, 2.24) is 14.9 Å². The number of allylic oxidation sites excluding steroid dienone is 6. The number of nitrogens with two attached hydrogens (primary N) is 1. The number of nitrogens with zero attached hydrogens (tertiary/aromatic N) is 4. The van der Waals surface area contributed by atoms with Crippen LogP contribution in [0.1, 0.15) is 94.7 Å². The summed E-state index contributed by atoms with van der Waals surface area (Å²) in [7, 11) is -13.3. The summed E-state index contributed by atoms with van der Waals surface area (Å²) in [4.78, 5) is 31.8. The second kappa shape index (κ2) is 27.1. The third-order valence-electron chi connectivity index (χ3n) is 15.8. The van der Waals surface area contributed by atoms with Gasteiger partial charge in [0.15, 0.2) is 5.71 Å². The number of unbranched alkanes of at least 4 members (excludes halogenated alkanes) is 2. The van der Waals surface area contributed by atoms with Crippen LogP contribution in [0.2, 0.25) is 0 Å². The average Bonchev–Trinajstić information content (AvgIpc) is 1.14. The van der Waals surface area contributed by atoms with E-state index in [-0.39, 0.29) is 59.4 Å².